The molecule has 8 heteroatoms. The molecule has 128 valence electrons. The van der Waals surface area contributed by atoms with Crippen molar-refractivity contribution in [2.45, 2.75) is 32.1 Å². The number of likely N-dealkylation sites (tertiary alicyclic amines) is 1. The van der Waals surface area contributed by atoms with Crippen LogP contribution < -0.4 is 4.74 Å². The Kier molecular flexibility index (Phi) is 5.46. The summed E-state index contributed by atoms with van der Waals surface area (Å²) in [5, 5.41) is 0. The third-order valence-corrected chi connectivity index (χ3v) is 3.69. The summed E-state index contributed by atoms with van der Waals surface area (Å²) in [5.74, 6) is 0.183. The van der Waals surface area contributed by atoms with Crippen LogP contribution in [0.5, 0.6) is 5.75 Å². The molecule has 23 heavy (non-hydrogen) atoms. The number of rotatable bonds is 6. The van der Waals surface area contributed by atoms with Gasteiger partial charge in [0.15, 0.2) is 0 Å². The Balaban J connectivity index is 1.93. The lowest BCUT2D eigenvalue weighted by atomic mass is 10.2. The first-order valence-corrected chi connectivity index (χ1v) is 7.43. The maximum absolute atomic E-state index is 12.4. The Hall–Kier alpha value is -1.83. The summed E-state index contributed by atoms with van der Waals surface area (Å²) in [5.41, 5.74) is 0.734. The Bertz CT molecular complexity index is 534. The molecular formula is C15H20F3N3O2. The highest BCUT2D eigenvalue weighted by molar-refractivity contribution is 5.84. The fraction of sp³-hybridized carbons (Fsp3) is 0.600. The minimum absolute atomic E-state index is 0.129. The number of halogens is 3. The molecule has 0 unspecified atom stereocenters. The van der Waals surface area contributed by atoms with E-state index in [1.54, 1.807) is 30.3 Å². The van der Waals surface area contributed by atoms with E-state index in [-0.39, 0.29) is 6.54 Å². The van der Waals surface area contributed by atoms with Crippen molar-refractivity contribution < 1.29 is 22.7 Å². The van der Waals surface area contributed by atoms with Gasteiger partial charge in [-0.2, -0.15) is 13.2 Å². The van der Waals surface area contributed by atoms with Gasteiger partial charge in [0.25, 0.3) is 0 Å². The largest absolute Gasteiger partial charge is 0.492 e. The fourth-order valence-corrected chi connectivity index (χ4v) is 2.63. The van der Waals surface area contributed by atoms with Gasteiger partial charge in [-0.05, 0) is 32.5 Å². The van der Waals surface area contributed by atoms with Gasteiger partial charge in [0.2, 0.25) is 5.91 Å². The summed E-state index contributed by atoms with van der Waals surface area (Å²) in [6.07, 6.45) is -2.37. The van der Waals surface area contributed by atoms with Crippen LogP contribution in [0, 0.1) is 0 Å². The van der Waals surface area contributed by atoms with E-state index in [1.807, 2.05) is 6.92 Å². The number of hydrogen-bond donors (Lipinski definition) is 0. The zero-order chi connectivity index (χ0) is 17.0. The van der Waals surface area contributed by atoms with Gasteiger partial charge in [0, 0.05) is 13.1 Å². The topological polar surface area (TPSA) is 45.7 Å². The molecule has 0 saturated carbocycles. The van der Waals surface area contributed by atoms with Gasteiger partial charge in [-0.15, -0.1) is 0 Å². The van der Waals surface area contributed by atoms with E-state index < -0.39 is 24.7 Å². The first kappa shape index (κ1) is 17.5. The predicted octanol–water partition coefficient (Wildman–Crippen LogP) is 2.08. The second-order valence-corrected chi connectivity index (χ2v) is 5.51. The van der Waals surface area contributed by atoms with Gasteiger partial charge in [-0.25, -0.2) is 0 Å². The number of pyridine rings is 1. The van der Waals surface area contributed by atoms with Crippen molar-refractivity contribution in [2.75, 3.05) is 26.7 Å². The number of carbonyl (C=O) groups excluding carboxylic acids is 1. The highest BCUT2D eigenvalue weighted by Crippen LogP contribution is 2.23. The molecule has 0 aromatic carbocycles. The van der Waals surface area contributed by atoms with Crippen LogP contribution in [0.25, 0.3) is 0 Å². The molecule has 1 atom stereocenters. The van der Waals surface area contributed by atoms with Crippen molar-refractivity contribution in [1.82, 2.24) is 14.8 Å². The van der Waals surface area contributed by atoms with Crippen LogP contribution in [-0.2, 0) is 11.3 Å². The molecule has 0 bridgehead atoms. The number of alkyl halides is 3. The highest BCUT2D eigenvalue weighted by Gasteiger charge is 2.40. The maximum atomic E-state index is 12.4. The number of amides is 1. The van der Waals surface area contributed by atoms with E-state index in [9.17, 15) is 18.0 Å². The van der Waals surface area contributed by atoms with E-state index >= 15 is 0 Å². The van der Waals surface area contributed by atoms with Crippen molar-refractivity contribution in [1.29, 1.82) is 0 Å². The Labute approximate surface area is 133 Å². The summed E-state index contributed by atoms with van der Waals surface area (Å²) in [4.78, 5) is 18.9. The second kappa shape index (κ2) is 7.16. The molecule has 1 fully saturated rings. The number of aromatic nitrogens is 1. The molecule has 0 N–H and O–H groups in total. The smallest absolute Gasteiger partial charge is 0.406 e. The molecule has 2 heterocycles. The van der Waals surface area contributed by atoms with Crippen LogP contribution in [-0.4, -0.2) is 59.7 Å². The number of hydrogen-bond acceptors (Lipinski definition) is 4. The normalized spacial score (nSPS) is 18.8. The van der Waals surface area contributed by atoms with Crippen molar-refractivity contribution in [3.63, 3.8) is 0 Å². The molecule has 0 aliphatic carbocycles. The van der Waals surface area contributed by atoms with Crippen molar-refractivity contribution in [3.8, 4) is 5.75 Å². The monoisotopic (exact) mass is 331 g/mol. The Morgan fingerprint density at radius 1 is 1.43 bits per heavy atom. The van der Waals surface area contributed by atoms with Crippen molar-refractivity contribution in [3.05, 3.63) is 24.0 Å². The summed E-state index contributed by atoms with van der Waals surface area (Å²) < 4.78 is 42.6. The second-order valence-electron chi connectivity index (χ2n) is 5.51. The average molecular weight is 331 g/mol. The first-order chi connectivity index (χ1) is 10.8. The number of nitrogens with zero attached hydrogens (tertiary/aromatic N) is 3. The summed E-state index contributed by atoms with van der Waals surface area (Å²) in [6.45, 7) is 1.76. The maximum Gasteiger partial charge on any atom is 0.406 e. The Morgan fingerprint density at radius 2 is 2.17 bits per heavy atom. The van der Waals surface area contributed by atoms with Gasteiger partial charge in [-0.1, -0.05) is 0 Å². The highest BCUT2D eigenvalue weighted by atomic mass is 19.4. The third kappa shape index (κ3) is 4.82. The molecule has 1 aliphatic heterocycles. The summed E-state index contributed by atoms with van der Waals surface area (Å²) >= 11 is 0. The molecule has 0 radical (unpaired) electrons. The van der Waals surface area contributed by atoms with Crippen LogP contribution in [0.2, 0.25) is 0 Å². The van der Waals surface area contributed by atoms with E-state index in [0.29, 0.717) is 25.3 Å². The lowest BCUT2D eigenvalue weighted by Gasteiger charge is -2.24. The van der Waals surface area contributed by atoms with Crippen LogP contribution >= 0.6 is 0 Å². The van der Waals surface area contributed by atoms with Crippen molar-refractivity contribution >= 4 is 5.91 Å². The number of likely N-dealkylation sites (N-methyl/N-ethyl adjacent to an activating group) is 1. The van der Waals surface area contributed by atoms with Crippen LogP contribution in [0.3, 0.4) is 0 Å². The minimum Gasteiger partial charge on any atom is -0.492 e. The zero-order valence-corrected chi connectivity index (χ0v) is 13.1. The Morgan fingerprint density at radius 3 is 2.74 bits per heavy atom. The van der Waals surface area contributed by atoms with Crippen LogP contribution in [0.1, 0.15) is 19.0 Å². The van der Waals surface area contributed by atoms with Gasteiger partial charge >= 0.3 is 6.18 Å². The molecule has 5 nitrogen and oxygen atoms in total. The molecule has 1 amide bonds. The fourth-order valence-electron chi connectivity index (χ4n) is 2.63. The quantitative estimate of drug-likeness (QED) is 0.801. The summed E-state index contributed by atoms with van der Waals surface area (Å²) in [6, 6.07) is 3.03. The van der Waals surface area contributed by atoms with Gasteiger partial charge in [-0.3, -0.25) is 14.7 Å². The third-order valence-electron chi connectivity index (χ3n) is 3.69. The summed E-state index contributed by atoms with van der Waals surface area (Å²) in [7, 11) is 1.72. The number of ether oxygens (including phenoxy) is 1. The lowest BCUT2D eigenvalue weighted by Crippen LogP contribution is -2.42. The van der Waals surface area contributed by atoms with Crippen molar-refractivity contribution in [2.24, 2.45) is 0 Å². The van der Waals surface area contributed by atoms with E-state index in [1.165, 1.54) is 0 Å². The first-order valence-electron chi connectivity index (χ1n) is 7.43. The van der Waals surface area contributed by atoms with Gasteiger partial charge in [0.1, 0.15) is 12.3 Å². The minimum atomic E-state index is -4.36. The zero-order valence-electron chi connectivity index (χ0n) is 13.1. The van der Waals surface area contributed by atoms with E-state index in [4.69, 9.17) is 4.74 Å². The predicted molar refractivity (Wildman–Crippen MR) is 77.9 cm³/mol. The molecule has 0 spiro atoms. The number of carbonyl (C=O) groups is 1. The lowest BCUT2D eigenvalue weighted by molar-refractivity contribution is -0.159. The molecule has 1 aromatic rings. The van der Waals surface area contributed by atoms with Gasteiger partial charge in [0.05, 0.1) is 24.5 Å². The average Bonchev–Trinajstić information content (AvgIpc) is 2.81. The van der Waals surface area contributed by atoms with E-state index in [2.05, 4.69) is 4.98 Å². The van der Waals surface area contributed by atoms with Crippen LogP contribution in [0.4, 0.5) is 13.2 Å². The van der Waals surface area contributed by atoms with Crippen LogP contribution in [0.15, 0.2) is 18.3 Å². The molecule has 1 saturated heterocycles. The molecular weight excluding hydrogens is 311 g/mol. The van der Waals surface area contributed by atoms with Gasteiger partial charge < -0.3 is 9.64 Å². The molecule has 1 aromatic heterocycles. The standard InChI is InChI=1S/C15H20F3N3O2/c1-3-23-12-5-4-11(19-8-12)9-20(2)13-6-7-21(14(13)22)10-15(16,17)18/h4-5,8,13H,3,6-7,9-10H2,1-2H3/t13-/m0/s1. The van der Waals surface area contributed by atoms with E-state index in [0.717, 1.165) is 10.6 Å². The SMILES string of the molecule is CCOc1ccc(CN(C)[C@H]2CCN(CC(F)(F)F)C2=O)nc1. The molecule has 2 rings (SSSR count). The molecule has 1 aliphatic rings.